The number of amides is 1. The highest BCUT2D eigenvalue weighted by Gasteiger charge is 2.32. The molecule has 0 bridgehead atoms. The van der Waals surface area contributed by atoms with Crippen LogP contribution < -0.4 is 5.32 Å². The molecule has 1 heterocycles. The highest BCUT2D eigenvalue weighted by molar-refractivity contribution is 7.89. The van der Waals surface area contributed by atoms with Crippen molar-refractivity contribution in [1.82, 2.24) is 4.31 Å². The fourth-order valence-electron chi connectivity index (χ4n) is 3.09. The van der Waals surface area contributed by atoms with Crippen LogP contribution in [0, 0.1) is 11.3 Å². The van der Waals surface area contributed by atoms with Crippen LogP contribution in [0.1, 0.15) is 29.8 Å². The number of nitrogens with zero attached hydrogens (tertiary/aromatic N) is 2. The molecular weight excluding hydrogens is 378 g/mol. The molecule has 146 valence electrons. The maximum atomic E-state index is 12.9. The topological polar surface area (TPSA) is 99.5 Å². The number of benzene rings is 2. The van der Waals surface area contributed by atoms with E-state index in [9.17, 15) is 13.2 Å². The van der Waals surface area contributed by atoms with Crippen LogP contribution in [0.4, 0.5) is 5.69 Å². The molecule has 2 aromatic rings. The van der Waals surface area contributed by atoms with Crippen molar-refractivity contribution in [2.75, 3.05) is 18.4 Å². The van der Waals surface area contributed by atoms with Gasteiger partial charge in [-0.05, 0) is 62.4 Å². The molecule has 0 aliphatic carbocycles. The van der Waals surface area contributed by atoms with E-state index in [0.717, 1.165) is 0 Å². The summed E-state index contributed by atoms with van der Waals surface area (Å²) >= 11 is 0. The Hall–Kier alpha value is -2.73. The molecule has 28 heavy (non-hydrogen) atoms. The molecule has 3 rings (SSSR count). The van der Waals surface area contributed by atoms with Crippen molar-refractivity contribution in [3.05, 3.63) is 59.7 Å². The minimum atomic E-state index is -3.65. The quantitative estimate of drug-likeness (QED) is 0.852. The average Bonchev–Trinajstić information content (AvgIpc) is 2.68. The standard InChI is InChI=1S/C20H21N3O4S/c1-14-12-23(13-15(2)27-14)28(25,26)19-9-5-17(6-10-19)20(24)22-18-7-3-16(11-21)4-8-18/h3-10,14-15H,12-13H2,1-2H3,(H,22,24)/t14-,15+. The number of anilines is 1. The van der Waals surface area contributed by atoms with E-state index < -0.39 is 10.0 Å². The molecule has 1 amide bonds. The van der Waals surface area contributed by atoms with Gasteiger partial charge >= 0.3 is 0 Å². The van der Waals surface area contributed by atoms with E-state index in [4.69, 9.17) is 10.00 Å². The van der Waals surface area contributed by atoms with Gasteiger partial charge in [-0.25, -0.2) is 8.42 Å². The summed E-state index contributed by atoms with van der Waals surface area (Å²) in [4.78, 5) is 12.5. The monoisotopic (exact) mass is 399 g/mol. The first-order valence-electron chi connectivity index (χ1n) is 8.87. The molecule has 0 radical (unpaired) electrons. The summed E-state index contributed by atoms with van der Waals surface area (Å²) in [5.74, 6) is -0.359. The third-order valence-corrected chi connectivity index (χ3v) is 6.26. The molecule has 7 nitrogen and oxygen atoms in total. The van der Waals surface area contributed by atoms with Gasteiger partial charge in [0.05, 0.1) is 28.7 Å². The molecule has 0 aromatic heterocycles. The first-order chi connectivity index (χ1) is 13.3. The average molecular weight is 399 g/mol. The summed E-state index contributed by atoms with van der Waals surface area (Å²) in [6.45, 7) is 4.28. The van der Waals surface area contributed by atoms with Gasteiger partial charge in [-0.3, -0.25) is 4.79 Å². The van der Waals surface area contributed by atoms with Crippen LogP contribution in [0.5, 0.6) is 0 Å². The lowest BCUT2D eigenvalue weighted by molar-refractivity contribution is -0.0440. The minimum absolute atomic E-state index is 0.142. The van der Waals surface area contributed by atoms with Gasteiger partial charge in [-0.1, -0.05) is 0 Å². The summed E-state index contributed by atoms with van der Waals surface area (Å²) in [6.07, 6.45) is -0.341. The van der Waals surface area contributed by atoms with Gasteiger partial charge in [-0.15, -0.1) is 0 Å². The summed E-state index contributed by atoms with van der Waals surface area (Å²) in [6, 6.07) is 14.3. The summed E-state index contributed by atoms with van der Waals surface area (Å²) in [7, 11) is -3.65. The second kappa shape index (κ2) is 8.10. The van der Waals surface area contributed by atoms with Crippen molar-refractivity contribution in [2.24, 2.45) is 0 Å². The number of nitriles is 1. The summed E-state index contributed by atoms with van der Waals surface area (Å²) in [5.41, 5.74) is 1.39. The lowest BCUT2D eigenvalue weighted by Crippen LogP contribution is -2.48. The van der Waals surface area contributed by atoms with Crippen LogP contribution in [0.25, 0.3) is 0 Å². The van der Waals surface area contributed by atoms with E-state index in [1.807, 2.05) is 19.9 Å². The summed E-state index contributed by atoms with van der Waals surface area (Å²) < 4.78 is 32.7. The largest absolute Gasteiger partial charge is 0.373 e. The molecule has 1 saturated heterocycles. The Morgan fingerprint density at radius 3 is 2.18 bits per heavy atom. The Kier molecular flexibility index (Phi) is 5.79. The fourth-order valence-corrected chi connectivity index (χ4v) is 4.68. The van der Waals surface area contributed by atoms with Gasteiger partial charge in [0, 0.05) is 24.3 Å². The number of hydrogen-bond acceptors (Lipinski definition) is 5. The molecule has 8 heteroatoms. The predicted molar refractivity (Wildman–Crippen MR) is 104 cm³/mol. The van der Waals surface area contributed by atoms with E-state index in [0.29, 0.717) is 29.9 Å². The second-order valence-electron chi connectivity index (χ2n) is 6.75. The predicted octanol–water partition coefficient (Wildman–Crippen LogP) is 2.61. The van der Waals surface area contributed by atoms with Gasteiger partial charge < -0.3 is 10.1 Å². The van der Waals surface area contributed by atoms with Crippen molar-refractivity contribution >= 4 is 21.6 Å². The molecule has 1 aliphatic rings. The van der Waals surface area contributed by atoms with E-state index in [2.05, 4.69) is 5.32 Å². The maximum absolute atomic E-state index is 12.9. The van der Waals surface area contributed by atoms with Crippen LogP contribution in [0.15, 0.2) is 53.4 Å². The van der Waals surface area contributed by atoms with Crippen LogP contribution >= 0.6 is 0 Å². The van der Waals surface area contributed by atoms with Crippen LogP contribution in [-0.2, 0) is 14.8 Å². The van der Waals surface area contributed by atoms with Crippen LogP contribution in [0.3, 0.4) is 0 Å². The van der Waals surface area contributed by atoms with Crippen LogP contribution in [-0.4, -0.2) is 43.9 Å². The highest BCUT2D eigenvalue weighted by atomic mass is 32.2. The number of sulfonamides is 1. The first kappa shape index (κ1) is 20.0. The number of ether oxygens (including phenoxy) is 1. The van der Waals surface area contributed by atoms with Crippen molar-refractivity contribution in [2.45, 2.75) is 31.0 Å². The number of morpholine rings is 1. The molecule has 0 spiro atoms. The lowest BCUT2D eigenvalue weighted by Gasteiger charge is -2.34. The molecule has 1 aliphatic heterocycles. The molecule has 2 atom stereocenters. The van der Waals surface area contributed by atoms with Crippen molar-refractivity contribution in [3.8, 4) is 6.07 Å². The Morgan fingerprint density at radius 1 is 1.07 bits per heavy atom. The third-order valence-electron chi connectivity index (χ3n) is 4.41. The Morgan fingerprint density at radius 2 is 1.64 bits per heavy atom. The van der Waals surface area contributed by atoms with Gasteiger partial charge in [0.15, 0.2) is 0 Å². The molecule has 0 saturated carbocycles. The number of rotatable bonds is 4. The zero-order valence-electron chi connectivity index (χ0n) is 15.6. The molecular formula is C20H21N3O4S. The zero-order valence-corrected chi connectivity index (χ0v) is 16.4. The first-order valence-corrected chi connectivity index (χ1v) is 10.3. The maximum Gasteiger partial charge on any atom is 0.255 e. The normalized spacial score (nSPS) is 20.3. The Labute approximate surface area is 164 Å². The van der Waals surface area contributed by atoms with E-state index in [1.165, 1.54) is 28.6 Å². The van der Waals surface area contributed by atoms with Crippen LogP contribution in [0.2, 0.25) is 0 Å². The van der Waals surface area contributed by atoms with Crippen molar-refractivity contribution in [1.29, 1.82) is 5.26 Å². The smallest absolute Gasteiger partial charge is 0.255 e. The zero-order chi connectivity index (χ0) is 20.3. The van der Waals surface area contributed by atoms with Gasteiger partial charge in [0.25, 0.3) is 5.91 Å². The number of nitrogens with one attached hydrogen (secondary N) is 1. The van der Waals surface area contributed by atoms with E-state index >= 15 is 0 Å². The SMILES string of the molecule is C[C@@H]1CN(S(=O)(=O)c2ccc(C(=O)Nc3ccc(C#N)cc3)cc2)C[C@H](C)O1. The lowest BCUT2D eigenvalue weighted by atomic mass is 10.2. The second-order valence-corrected chi connectivity index (χ2v) is 8.68. The molecule has 2 aromatic carbocycles. The van der Waals surface area contributed by atoms with Crippen molar-refractivity contribution in [3.63, 3.8) is 0 Å². The number of hydrogen-bond donors (Lipinski definition) is 1. The molecule has 1 N–H and O–H groups in total. The number of carbonyl (C=O) groups is 1. The highest BCUT2D eigenvalue weighted by Crippen LogP contribution is 2.22. The van der Waals surface area contributed by atoms with Gasteiger partial charge in [0.2, 0.25) is 10.0 Å². The molecule has 0 unspecified atom stereocenters. The van der Waals surface area contributed by atoms with E-state index in [1.54, 1.807) is 24.3 Å². The summed E-state index contributed by atoms with van der Waals surface area (Å²) in [5, 5.41) is 11.5. The van der Waals surface area contributed by atoms with Gasteiger partial charge in [-0.2, -0.15) is 9.57 Å². The third kappa shape index (κ3) is 4.39. The van der Waals surface area contributed by atoms with Crippen molar-refractivity contribution < 1.29 is 17.9 Å². The van der Waals surface area contributed by atoms with Gasteiger partial charge in [0.1, 0.15) is 0 Å². The fraction of sp³-hybridized carbons (Fsp3) is 0.300. The van der Waals surface area contributed by atoms with E-state index in [-0.39, 0.29) is 23.0 Å². The number of carbonyl (C=O) groups excluding carboxylic acids is 1. The minimum Gasteiger partial charge on any atom is -0.373 e. The molecule has 1 fully saturated rings. The Bertz CT molecular complexity index is 985. The Balaban J connectivity index is 1.73.